The van der Waals surface area contributed by atoms with Crippen LogP contribution in [0.1, 0.15) is 55.0 Å². The molecule has 0 radical (unpaired) electrons. The number of hydrogen-bond acceptors (Lipinski definition) is 5. The van der Waals surface area contributed by atoms with Crippen molar-refractivity contribution in [2.45, 2.75) is 59.7 Å². The van der Waals surface area contributed by atoms with Crippen LogP contribution in [0, 0.1) is 13.8 Å². The molecule has 0 amide bonds. The fourth-order valence-electron chi connectivity index (χ4n) is 3.30. The highest BCUT2D eigenvalue weighted by atomic mass is 16.5. The molecule has 0 saturated carbocycles. The molecular weight excluding hydrogens is 314 g/mol. The molecule has 5 nitrogen and oxygen atoms in total. The number of hydrogen-bond donors (Lipinski definition) is 1. The monoisotopic (exact) mass is 341 g/mol. The van der Waals surface area contributed by atoms with Gasteiger partial charge in [-0.1, -0.05) is 0 Å². The highest BCUT2D eigenvalue weighted by molar-refractivity contribution is 5.48. The van der Waals surface area contributed by atoms with E-state index >= 15 is 0 Å². The Hall–Kier alpha value is -2.14. The predicted octanol–water partition coefficient (Wildman–Crippen LogP) is 3.67. The van der Waals surface area contributed by atoms with Gasteiger partial charge >= 0.3 is 0 Å². The summed E-state index contributed by atoms with van der Waals surface area (Å²) >= 11 is 0. The Kier molecular flexibility index (Phi) is 5.23. The van der Waals surface area contributed by atoms with E-state index in [2.05, 4.69) is 41.3 Å². The zero-order chi connectivity index (χ0) is 18.0. The second-order valence-electron chi connectivity index (χ2n) is 6.69. The van der Waals surface area contributed by atoms with Crippen molar-refractivity contribution in [1.29, 1.82) is 0 Å². The summed E-state index contributed by atoms with van der Waals surface area (Å²) in [6.45, 7) is 11.5. The van der Waals surface area contributed by atoms with Crippen molar-refractivity contribution in [2.75, 3.05) is 6.61 Å². The van der Waals surface area contributed by atoms with E-state index in [0.29, 0.717) is 13.2 Å². The molecule has 0 fully saturated rings. The summed E-state index contributed by atoms with van der Waals surface area (Å²) in [5.41, 5.74) is 4.49. The number of benzene rings is 1. The van der Waals surface area contributed by atoms with Crippen LogP contribution >= 0.6 is 0 Å². The fourth-order valence-corrected chi connectivity index (χ4v) is 3.30. The Labute approximate surface area is 149 Å². The largest absolute Gasteiger partial charge is 0.494 e. The van der Waals surface area contributed by atoms with Crippen molar-refractivity contribution in [2.24, 2.45) is 0 Å². The zero-order valence-corrected chi connectivity index (χ0v) is 15.7. The normalized spacial score (nSPS) is 17.1. The minimum absolute atomic E-state index is 0.156. The van der Waals surface area contributed by atoms with Gasteiger partial charge in [-0.15, -0.1) is 0 Å². The maximum Gasteiger partial charge on any atom is 0.125 e. The van der Waals surface area contributed by atoms with Gasteiger partial charge in [0.1, 0.15) is 23.4 Å². The summed E-state index contributed by atoms with van der Waals surface area (Å²) in [7, 11) is 0. The Bertz CT molecular complexity index is 761. The first kappa shape index (κ1) is 17.7. The van der Waals surface area contributed by atoms with Crippen LogP contribution in [0.15, 0.2) is 18.3 Å². The Morgan fingerprint density at radius 2 is 2.16 bits per heavy atom. The molecule has 0 aliphatic carbocycles. The van der Waals surface area contributed by atoms with Crippen molar-refractivity contribution in [3.8, 4) is 11.5 Å². The molecule has 2 heterocycles. The van der Waals surface area contributed by atoms with E-state index in [1.54, 1.807) is 0 Å². The van der Waals surface area contributed by atoms with Crippen molar-refractivity contribution in [3.05, 3.63) is 46.5 Å². The molecule has 2 atom stereocenters. The number of aryl methyl sites for hydroxylation is 2. The van der Waals surface area contributed by atoms with Gasteiger partial charge in [-0.2, -0.15) is 0 Å². The summed E-state index contributed by atoms with van der Waals surface area (Å²) < 4.78 is 11.8. The van der Waals surface area contributed by atoms with Gasteiger partial charge in [0.2, 0.25) is 0 Å². The van der Waals surface area contributed by atoms with Gasteiger partial charge in [-0.3, -0.25) is 0 Å². The molecule has 1 aliphatic rings. The highest BCUT2D eigenvalue weighted by Crippen LogP contribution is 2.35. The Morgan fingerprint density at radius 1 is 1.36 bits per heavy atom. The fraction of sp³-hybridized carbons (Fsp3) is 0.500. The van der Waals surface area contributed by atoms with Gasteiger partial charge in [0.05, 0.1) is 6.61 Å². The lowest BCUT2D eigenvalue weighted by Gasteiger charge is -2.18. The number of aromatic nitrogens is 2. The Morgan fingerprint density at radius 3 is 2.88 bits per heavy atom. The molecule has 5 heteroatoms. The average molecular weight is 341 g/mol. The van der Waals surface area contributed by atoms with Gasteiger partial charge < -0.3 is 14.8 Å². The van der Waals surface area contributed by atoms with E-state index in [4.69, 9.17) is 9.47 Å². The van der Waals surface area contributed by atoms with Crippen LogP contribution in [-0.2, 0) is 13.0 Å². The van der Waals surface area contributed by atoms with Gasteiger partial charge in [-0.25, -0.2) is 9.97 Å². The van der Waals surface area contributed by atoms with E-state index in [1.165, 1.54) is 5.56 Å². The smallest absolute Gasteiger partial charge is 0.125 e. The molecule has 25 heavy (non-hydrogen) atoms. The van der Waals surface area contributed by atoms with Crippen molar-refractivity contribution in [3.63, 3.8) is 0 Å². The zero-order valence-electron chi connectivity index (χ0n) is 15.7. The summed E-state index contributed by atoms with van der Waals surface area (Å²) in [4.78, 5) is 8.78. The molecule has 0 bridgehead atoms. The molecule has 1 aromatic heterocycles. The molecule has 1 aromatic carbocycles. The summed E-state index contributed by atoms with van der Waals surface area (Å²) in [6.07, 6.45) is 3.09. The first-order chi connectivity index (χ1) is 12.0. The third-order valence-corrected chi connectivity index (χ3v) is 4.58. The van der Waals surface area contributed by atoms with Crippen LogP contribution in [0.4, 0.5) is 0 Å². The molecule has 0 spiro atoms. The van der Waals surface area contributed by atoms with E-state index in [0.717, 1.165) is 40.6 Å². The maximum atomic E-state index is 5.90. The second kappa shape index (κ2) is 7.40. The number of fused-ring (bicyclic) bond motifs is 1. The predicted molar refractivity (Wildman–Crippen MR) is 98.2 cm³/mol. The van der Waals surface area contributed by atoms with E-state index in [1.807, 2.05) is 27.0 Å². The standard InChI is InChI=1S/C20H27N3O2/c1-6-24-19-8-16-7-12(2)25-20(16)9-17(19)10-21-13(3)18-11-22-15(5)23-14(18)4/h8-9,11-13,21H,6-7,10H2,1-5H3/t12-,13+/m0/s1. The van der Waals surface area contributed by atoms with Crippen LogP contribution in [0.5, 0.6) is 11.5 Å². The first-order valence-electron chi connectivity index (χ1n) is 8.96. The molecule has 0 unspecified atom stereocenters. The molecule has 1 aliphatic heterocycles. The van der Waals surface area contributed by atoms with Gasteiger partial charge in [0, 0.05) is 47.6 Å². The van der Waals surface area contributed by atoms with Crippen molar-refractivity contribution >= 4 is 0 Å². The second-order valence-corrected chi connectivity index (χ2v) is 6.69. The van der Waals surface area contributed by atoms with Gasteiger partial charge in [-0.05, 0) is 46.8 Å². The summed E-state index contributed by atoms with van der Waals surface area (Å²) in [5, 5.41) is 3.56. The molecular formula is C20H27N3O2. The van der Waals surface area contributed by atoms with Crippen molar-refractivity contribution in [1.82, 2.24) is 15.3 Å². The Balaban J connectivity index is 1.77. The summed E-state index contributed by atoms with van der Waals surface area (Å²) in [5.74, 6) is 2.72. The summed E-state index contributed by atoms with van der Waals surface area (Å²) in [6, 6.07) is 4.40. The molecule has 0 saturated heterocycles. The SMILES string of the molecule is CCOc1cc2c(cc1CN[C@H](C)c1cnc(C)nc1C)O[C@@H](C)C2. The third kappa shape index (κ3) is 3.93. The van der Waals surface area contributed by atoms with E-state index < -0.39 is 0 Å². The van der Waals surface area contributed by atoms with Crippen LogP contribution in [0.2, 0.25) is 0 Å². The van der Waals surface area contributed by atoms with Crippen LogP contribution < -0.4 is 14.8 Å². The number of nitrogens with zero attached hydrogens (tertiary/aromatic N) is 2. The van der Waals surface area contributed by atoms with E-state index in [-0.39, 0.29) is 12.1 Å². The minimum atomic E-state index is 0.156. The van der Waals surface area contributed by atoms with Crippen LogP contribution in [0.25, 0.3) is 0 Å². The molecule has 2 aromatic rings. The third-order valence-electron chi connectivity index (χ3n) is 4.58. The minimum Gasteiger partial charge on any atom is -0.494 e. The van der Waals surface area contributed by atoms with E-state index in [9.17, 15) is 0 Å². The number of nitrogens with one attached hydrogen (secondary N) is 1. The topological polar surface area (TPSA) is 56.3 Å². The first-order valence-corrected chi connectivity index (χ1v) is 8.96. The van der Waals surface area contributed by atoms with Crippen LogP contribution in [-0.4, -0.2) is 22.7 Å². The van der Waals surface area contributed by atoms with Gasteiger partial charge in [0.25, 0.3) is 0 Å². The molecule has 3 rings (SSSR count). The van der Waals surface area contributed by atoms with Crippen molar-refractivity contribution < 1.29 is 9.47 Å². The maximum absolute atomic E-state index is 5.90. The lowest BCUT2D eigenvalue weighted by molar-refractivity contribution is 0.254. The molecule has 134 valence electrons. The lowest BCUT2D eigenvalue weighted by atomic mass is 10.1. The lowest BCUT2D eigenvalue weighted by Crippen LogP contribution is -2.20. The van der Waals surface area contributed by atoms with Crippen LogP contribution in [0.3, 0.4) is 0 Å². The molecule has 1 N–H and O–H groups in total. The number of rotatable bonds is 6. The van der Waals surface area contributed by atoms with Gasteiger partial charge in [0.15, 0.2) is 0 Å². The highest BCUT2D eigenvalue weighted by Gasteiger charge is 2.22. The average Bonchev–Trinajstić information content (AvgIpc) is 2.91. The quantitative estimate of drug-likeness (QED) is 0.869. The number of ether oxygens (including phenoxy) is 2.